The van der Waals surface area contributed by atoms with Crippen molar-refractivity contribution < 1.29 is 23.0 Å². The summed E-state index contributed by atoms with van der Waals surface area (Å²) in [5, 5.41) is 15.0. The number of rotatable bonds is 5. The van der Waals surface area contributed by atoms with E-state index in [0.717, 1.165) is 29.1 Å². The fraction of sp³-hybridized carbons (Fsp3) is 0.240. The molecule has 1 N–H and O–H groups in total. The molecule has 0 saturated carbocycles. The molecule has 0 spiro atoms. The molecule has 10 heteroatoms. The monoisotopic (exact) mass is 481 g/mol. The molecule has 0 unspecified atom stereocenters. The average Bonchev–Trinajstić information content (AvgIpc) is 3.46. The van der Waals surface area contributed by atoms with Gasteiger partial charge >= 0.3 is 0 Å². The molecule has 1 aliphatic rings. The van der Waals surface area contributed by atoms with E-state index in [-0.39, 0.29) is 5.56 Å². The van der Waals surface area contributed by atoms with Crippen LogP contribution in [-0.2, 0) is 6.54 Å². The van der Waals surface area contributed by atoms with Crippen LogP contribution in [0, 0.1) is 24.4 Å². The Morgan fingerprint density at radius 1 is 1.11 bits per heavy atom. The first-order chi connectivity index (χ1) is 16.8. The maximum absolute atomic E-state index is 13.8. The summed E-state index contributed by atoms with van der Waals surface area (Å²) in [6, 6.07) is 7.48. The lowest BCUT2D eigenvalue weighted by atomic mass is 9.88. The molecule has 2 aromatic carbocycles. The summed E-state index contributed by atoms with van der Waals surface area (Å²) in [6.07, 6.45) is 6.52. The van der Waals surface area contributed by atoms with E-state index in [0.29, 0.717) is 30.4 Å². The van der Waals surface area contributed by atoms with Gasteiger partial charge in [-0.3, -0.25) is 0 Å². The number of nitrogens with zero attached hydrogens (tertiary/aromatic N) is 5. The number of methoxy groups -OCH3 is 1. The molecule has 0 radical (unpaired) electrons. The lowest BCUT2D eigenvalue weighted by molar-refractivity contribution is 0.118. The number of hydrogen-bond acceptors (Lipinski definition) is 5. The predicted octanol–water partition coefficient (Wildman–Crippen LogP) is 4.27. The number of aromatic nitrogens is 5. The average molecular weight is 481 g/mol. The van der Waals surface area contributed by atoms with Crippen molar-refractivity contribution in [2.75, 3.05) is 7.11 Å². The SMILES string of the molecule is COc1cc(/C=C/c2nc3n(n2)CC[C@@H](O)[C@@H]3c2cc(F)c(F)c(F)c2)ccc1-n1cnc(C)c1. The number of aliphatic hydroxyl groups is 1. The fourth-order valence-electron chi connectivity index (χ4n) is 4.29. The maximum atomic E-state index is 13.8. The van der Waals surface area contributed by atoms with Crippen LogP contribution in [0.2, 0.25) is 0 Å². The molecular weight excluding hydrogens is 459 g/mol. The summed E-state index contributed by atoms with van der Waals surface area (Å²) in [5.41, 5.74) is 2.68. The van der Waals surface area contributed by atoms with Crippen molar-refractivity contribution in [1.82, 2.24) is 24.3 Å². The van der Waals surface area contributed by atoms with Gasteiger partial charge in [-0.05, 0) is 54.8 Å². The first-order valence-corrected chi connectivity index (χ1v) is 11.0. The predicted molar refractivity (Wildman–Crippen MR) is 123 cm³/mol. The van der Waals surface area contributed by atoms with Crippen LogP contribution in [0.3, 0.4) is 0 Å². The molecule has 2 aromatic heterocycles. The van der Waals surface area contributed by atoms with Gasteiger partial charge in [0, 0.05) is 12.7 Å². The number of halogens is 3. The minimum absolute atomic E-state index is 0.104. The van der Waals surface area contributed by atoms with Crippen molar-refractivity contribution in [1.29, 1.82) is 0 Å². The van der Waals surface area contributed by atoms with Crippen LogP contribution < -0.4 is 4.74 Å². The number of aliphatic hydroxyl groups excluding tert-OH is 1. The highest BCUT2D eigenvalue weighted by molar-refractivity contribution is 5.69. The molecule has 1 aliphatic heterocycles. The van der Waals surface area contributed by atoms with Crippen molar-refractivity contribution in [2.24, 2.45) is 0 Å². The summed E-state index contributed by atoms with van der Waals surface area (Å²) < 4.78 is 50.1. The molecule has 3 heterocycles. The standard InChI is InChI=1S/C25H22F3N5O2/c1-14-12-32(13-29-14)19-5-3-15(9-21(19)35-2)4-6-22-30-25-23(20(34)7-8-33(25)31-22)16-10-17(26)24(28)18(27)11-16/h3-6,9-13,20,23,34H,7-8H2,1-2H3/b6-4+/t20-,23+/m1/s1. The lowest BCUT2D eigenvalue weighted by Crippen LogP contribution is -2.30. The zero-order valence-electron chi connectivity index (χ0n) is 19.0. The summed E-state index contributed by atoms with van der Waals surface area (Å²) in [6.45, 7) is 2.30. The molecule has 0 bridgehead atoms. The Bertz CT molecular complexity index is 1410. The van der Waals surface area contributed by atoms with Gasteiger partial charge in [0.15, 0.2) is 23.3 Å². The van der Waals surface area contributed by atoms with Crippen LogP contribution in [0.1, 0.15) is 40.8 Å². The molecule has 0 aliphatic carbocycles. The third-order valence-corrected chi connectivity index (χ3v) is 6.00. The van der Waals surface area contributed by atoms with Gasteiger partial charge in [0.05, 0.1) is 36.8 Å². The van der Waals surface area contributed by atoms with E-state index < -0.39 is 29.5 Å². The van der Waals surface area contributed by atoms with Gasteiger partial charge < -0.3 is 14.4 Å². The van der Waals surface area contributed by atoms with E-state index in [1.165, 1.54) is 0 Å². The second-order valence-corrected chi connectivity index (χ2v) is 8.37. The van der Waals surface area contributed by atoms with Gasteiger partial charge in [0.25, 0.3) is 0 Å². The Hall–Kier alpha value is -3.92. The highest BCUT2D eigenvalue weighted by Gasteiger charge is 2.34. The van der Waals surface area contributed by atoms with E-state index >= 15 is 0 Å². The lowest BCUT2D eigenvalue weighted by Gasteiger charge is -2.27. The first kappa shape index (κ1) is 22.9. The summed E-state index contributed by atoms with van der Waals surface area (Å²) >= 11 is 0. The van der Waals surface area contributed by atoms with Crippen LogP contribution in [0.15, 0.2) is 42.9 Å². The van der Waals surface area contributed by atoms with E-state index in [2.05, 4.69) is 15.1 Å². The highest BCUT2D eigenvalue weighted by Crippen LogP contribution is 2.34. The second kappa shape index (κ2) is 9.03. The molecular formula is C25H22F3N5O2. The van der Waals surface area contributed by atoms with E-state index in [4.69, 9.17) is 4.74 Å². The first-order valence-electron chi connectivity index (χ1n) is 11.0. The van der Waals surface area contributed by atoms with Gasteiger partial charge in [-0.1, -0.05) is 12.1 Å². The Kier molecular flexibility index (Phi) is 5.89. The van der Waals surface area contributed by atoms with Crippen LogP contribution in [-0.4, -0.2) is 42.6 Å². The zero-order valence-corrected chi connectivity index (χ0v) is 19.0. The van der Waals surface area contributed by atoms with E-state index in [9.17, 15) is 18.3 Å². The molecule has 180 valence electrons. The minimum atomic E-state index is -1.55. The van der Waals surface area contributed by atoms with Crippen LogP contribution in [0.5, 0.6) is 5.75 Å². The third-order valence-electron chi connectivity index (χ3n) is 6.00. The Balaban J connectivity index is 1.44. The number of benzene rings is 2. The Morgan fingerprint density at radius 3 is 2.57 bits per heavy atom. The van der Waals surface area contributed by atoms with Gasteiger partial charge in [0.1, 0.15) is 11.6 Å². The van der Waals surface area contributed by atoms with Crippen molar-refractivity contribution in [3.63, 3.8) is 0 Å². The van der Waals surface area contributed by atoms with Gasteiger partial charge in [0.2, 0.25) is 0 Å². The molecule has 0 amide bonds. The normalized spacial score (nSPS) is 17.7. The van der Waals surface area contributed by atoms with Crippen LogP contribution in [0.4, 0.5) is 13.2 Å². The molecule has 7 nitrogen and oxygen atoms in total. The summed E-state index contributed by atoms with van der Waals surface area (Å²) in [5.74, 6) is -3.62. The third kappa shape index (κ3) is 4.32. The smallest absolute Gasteiger partial charge is 0.194 e. The van der Waals surface area contributed by atoms with Crippen molar-refractivity contribution >= 4 is 12.2 Å². The van der Waals surface area contributed by atoms with Crippen molar-refractivity contribution in [3.8, 4) is 11.4 Å². The summed E-state index contributed by atoms with van der Waals surface area (Å²) in [7, 11) is 1.59. The minimum Gasteiger partial charge on any atom is -0.495 e. The number of hydrogen-bond donors (Lipinski definition) is 1. The molecule has 2 atom stereocenters. The number of imidazole rings is 1. The van der Waals surface area contributed by atoms with Gasteiger partial charge in [-0.15, -0.1) is 0 Å². The highest BCUT2D eigenvalue weighted by atomic mass is 19.2. The summed E-state index contributed by atoms with van der Waals surface area (Å²) in [4.78, 5) is 8.73. The van der Waals surface area contributed by atoms with Crippen LogP contribution in [0.25, 0.3) is 17.8 Å². The topological polar surface area (TPSA) is 78.0 Å². The zero-order chi connectivity index (χ0) is 24.7. The molecule has 0 saturated heterocycles. The fourth-order valence-corrected chi connectivity index (χ4v) is 4.29. The van der Waals surface area contributed by atoms with Crippen LogP contribution >= 0.6 is 0 Å². The van der Waals surface area contributed by atoms with E-state index in [1.807, 2.05) is 42.0 Å². The largest absolute Gasteiger partial charge is 0.495 e. The number of fused-ring (bicyclic) bond motifs is 1. The van der Waals surface area contributed by atoms with E-state index in [1.54, 1.807) is 24.2 Å². The molecule has 35 heavy (non-hydrogen) atoms. The van der Waals surface area contributed by atoms with Gasteiger partial charge in [-0.2, -0.15) is 5.10 Å². The quantitative estimate of drug-likeness (QED) is 0.431. The van der Waals surface area contributed by atoms with Crippen molar-refractivity contribution in [2.45, 2.75) is 31.9 Å². The number of aryl methyl sites for hydroxylation is 2. The Morgan fingerprint density at radius 2 is 1.89 bits per heavy atom. The van der Waals surface area contributed by atoms with Gasteiger partial charge in [-0.25, -0.2) is 27.8 Å². The number of ether oxygens (including phenoxy) is 1. The molecule has 0 fully saturated rings. The second-order valence-electron chi connectivity index (χ2n) is 8.37. The maximum Gasteiger partial charge on any atom is 0.194 e. The Labute approximate surface area is 199 Å². The van der Waals surface area contributed by atoms with Crippen molar-refractivity contribution in [3.05, 3.63) is 88.8 Å². The molecule has 4 aromatic rings. The molecule has 5 rings (SSSR count).